The minimum absolute atomic E-state index is 0.631. The van der Waals surface area contributed by atoms with Gasteiger partial charge in [-0.15, -0.1) is 0 Å². The van der Waals surface area contributed by atoms with Crippen molar-refractivity contribution in [3.8, 4) is 5.75 Å². The van der Waals surface area contributed by atoms with E-state index in [0.717, 1.165) is 31.2 Å². The normalized spacial score (nSPS) is 22.0. The lowest BCUT2D eigenvalue weighted by atomic mass is 9.83. The molecule has 2 atom stereocenters. The standard InChI is InChI=1S/C18H30N2O/c1-3-15-8-6-9-16(14-15)20(13-7-12-19)17-10-4-5-11-18(17)21-2/h4-5,10-11,15-16H,3,6-9,12-14,19H2,1-2H3. The summed E-state index contributed by atoms with van der Waals surface area (Å²) in [6, 6.07) is 9.02. The number of anilines is 1. The van der Waals surface area contributed by atoms with E-state index in [-0.39, 0.29) is 0 Å². The first kappa shape index (κ1) is 16.2. The first-order valence-corrected chi connectivity index (χ1v) is 8.39. The number of benzene rings is 1. The zero-order valence-corrected chi connectivity index (χ0v) is 13.6. The van der Waals surface area contributed by atoms with Crippen molar-refractivity contribution in [3.63, 3.8) is 0 Å². The van der Waals surface area contributed by atoms with Gasteiger partial charge < -0.3 is 15.4 Å². The van der Waals surface area contributed by atoms with Gasteiger partial charge in [-0.25, -0.2) is 0 Å². The Balaban J connectivity index is 2.20. The van der Waals surface area contributed by atoms with Crippen LogP contribution in [0.3, 0.4) is 0 Å². The Morgan fingerprint density at radius 1 is 1.29 bits per heavy atom. The van der Waals surface area contributed by atoms with Gasteiger partial charge in [-0.05, 0) is 43.9 Å². The van der Waals surface area contributed by atoms with Crippen molar-refractivity contribution in [2.24, 2.45) is 11.7 Å². The Hall–Kier alpha value is -1.22. The Morgan fingerprint density at radius 2 is 2.10 bits per heavy atom. The van der Waals surface area contributed by atoms with E-state index in [1.54, 1.807) is 7.11 Å². The van der Waals surface area contributed by atoms with Gasteiger partial charge in [0.1, 0.15) is 5.75 Å². The molecule has 2 rings (SSSR count). The summed E-state index contributed by atoms with van der Waals surface area (Å²) in [5.41, 5.74) is 6.98. The number of ether oxygens (including phenoxy) is 1. The van der Waals surface area contributed by atoms with Gasteiger partial charge in [0.25, 0.3) is 0 Å². The van der Waals surface area contributed by atoms with Gasteiger partial charge in [0.15, 0.2) is 0 Å². The highest BCUT2D eigenvalue weighted by molar-refractivity contribution is 5.59. The number of hydrogen-bond acceptors (Lipinski definition) is 3. The number of rotatable bonds is 7. The average Bonchev–Trinajstić information content (AvgIpc) is 2.56. The highest BCUT2D eigenvalue weighted by Gasteiger charge is 2.27. The second-order valence-electron chi connectivity index (χ2n) is 6.10. The molecule has 0 amide bonds. The van der Waals surface area contributed by atoms with Crippen LogP contribution in [0, 0.1) is 5.92 Å². The van der Waals surface area contributed by atoms with E-state index in [2.05, 4.69) is 30.0 Å². The van der Waals surface area contributed by atoms with Crippen molar-refractivity contribution in [1.82, 2.24) is 0 Å². The molecule has 0 bridgehead atoms. The first-order valence-electron chi connectivity index (χ1n) is 8.39. The van der Waals surface area contributed by atoms with E-state index in [0.29, 0.717) is 6.04 Å². The third kappa shape index (κ3) is 4.13. The molecule has 1 aromatic carbocycles. The predicted molar refractivity (Wildman–Crippen MR) is 90.0 cm³/mol. The molecule has 3 nitrogen and oxygen atoms in total. The number of methoxy groups -OCH3 is 1. The van der Waals surface area contributed by atoms with Crippen molar-refractivity contribution in [2.75, 3.05) is 25.1 Å². The molecule has 0 aromatic heterocycles. The molecule has 0 aliphatic heterocycles. The number of nitrogens with zero attached hydrogens (tertiary/aromatic N) is 1. The molecule has 21 heavy (non-hydrogen) atoms. The average molecular weight is 290 g/mol. The summed E-state index contributed by atoms with van der Waals surface area (Å²) in [6.07, 6.45) is 7.66. The molecule has 1 aliphatic carbocycles. The summed E-state index contributed by atoms with van der Waals surface area (Å²) >= 11 is 0. The van der Waals surface area contributed by atoms with E-state index in [4.69, 9.17) is 10.5 Å². The third-order valence-electron chi connectivity index (χ3n) is 4.77. The molecule has 1 fully saturated rings. The molecule has 2 unspecified atom stereocenters. The molecular weight excluding hydrogens is 260 g/mol. The van der Waals surface area contributed by atoms with Crippen LogP contribution in [0.2, 0.25) is 0 Å². The van der Waals surface area contributed by atoms with Crippen molar-refractivity contribution in [3.05, 3.63) is 24.3 Å². The number of hydrogen-bond donors (Lipinski definition) is 1. The van der Waals surface area contributed by atoms with Gasteiger partial charge in [-0.2, -0.15) is 0 Å². The van der Waals surface area contributed by atoms with Crippen LogP contribution in [0.15, 0.2) is 24.3 Å². The van der Waals surface area contributed by atoms with Crippen LogP contribution in [-0.2, 0) is 0 Å². The summed E-state index contributed by atoms with van der Waals surface area (Å²) in [6.45, 7) is 4.09. The molecular formula is C18H30N2O. The Labute approximate surface area is 129 Å². The molecule has 2 N–H and O–H groups in total. The van der Waals surface area contributed by atoms with Gasteiger partial charge in [0, 0.05) is 12.6 Å². The van der Waals surface area contributed by atoms with Crippen molar-refractivity contribution in [2.45, 2.75) is 51.5 Å². The molecule has 1 saturated carbocycles. The zero-order chi connectivity index (χ0) is 15.1. The minimum Gasteiger partial charge on any atom is -0.495 e. The highest BCUT2D eigenvalue weighted by Crippen LogP contribution is 2.36. The molecule has 0 heterocycles. The summed E-state index contributed by atoms with van der Waals surface area (Å²) < 4.78 is 5.58. The molecule has 0 saturated heterocycles. The van der Waals surface area contributed by atoms with E-state index in [1.807, 2.05) is 6.07 Å². The molecule has 1 aromatic rings. The Kier molecular flexibility index (Phi) is 6.37. The zero-order valence-electron chi connectivity index (χ0n) is 13.6. The summed E-state index contributed by atoms with van der Waals surface area (Å²) in [5, 5.41) is 0. The molecule has 3 heteroatoms. The van der Waals surface area contributed by atoms with Gasteiger partial charge in [-0.1, -0.05) is 38.3 Å². The van der Waals surface area contributed by atoms with Crippen LogP contribution in [0.1, 0.15) is 45.4 Å². The quantitative estimate of drug-likeness (QED) is 0.829. The maximum Gasteiger partial charge on any atom is 0.142 e. The minimum atomic E-state index is 0.631. The van der Waals surface area contributed by atoms with Crippen LogP contribution in [0.25, 0.3) is 0 Å². The lowest BCUT2D eigenvalue weighted by molar-refractivity contribution is 0.301. The fraction of sp³-hybridized carbons (Fsp3) is 0.667. The van der Waals surface area contributed by atoms with E-state index in [9.17, 15) is 0 Å². The van der Waals surface area contributed by atoms with Crippen LogP contribution < -0.4 is 15.4 Å². The fourth-order valence-corrected chi connectivity index (χ4v) is 3.54. The van der Waals surface area contributed by atoms with Gasteiger partial charge in [-0.3, -0.25) is 0 Å². The summed E-state index contributed by atoms with van der Waals surface area (Å²) in [7, 11) is 1.76. The van der Waals surface area contributed by atoms with E-state index < -0.39 is 0 Å². The Bertz CT molecular complexity index is 421. The van der Waals surface area contributed by atoms with E-state index >= 15 is 0 Å². The predicted octanol–water partition coefficient (Wildman–Crippen LogP) is 3.82. The number of nitrogens with two attached hydrogens (primary N) is 1. The monoisotopic (exact) mass is 290 g/mol. The lowest BCUT2D eigenvalue weighted by Crippen LogP contribution is -2.40. The second kappa shape index (κ2) is 8.28. The smallest absolute Gasteiger partial charge is 0.142 e. The topological polar surface area (TPSA) is 38.5 Å². The van der Waals surface area contributed by atoms with Gasteiger partial charge in [0.05, 0.1) is 12.8 Å². The van der Waals surface area contributed by atoms with Crippen molar-refractivity contribution >= 4 is 5.69 Å². The van der Waals surface area contributed by atoms with Crippen LogP contribution in [0.5, 0.6) is 5.75 Å². The molecule has 118 valence electrons. The van der Waals surface area contributed by atoms with Crippen LogP contribution in [0.4, 0.5) is 5.69 Å². The first-order chi connectivity index (χ1) is 10.3. The van der Waals surface area contributed by atoms with Crippen molar-refractivity contribution < 1.29 is 4.74 Å². The molecule has 0 spiro atoms. The Morgan fingerprint density at radius 3 is 2.81 bits per heavy atom. The van der Waals surface area contributed by atoms with Gasteiger partial charge in [0.2, 0.25) is 0 Å². The number of para-hydroxylation sites is 2. The SMILES string of the molecule is CCC1CCCC(N(CCCN)c2ccccc2OC)C1. The summed E-state index contributed by atoms with van der Waals surface area (Å²) in [5.74, 6) is 1.85. The largest absolute Gasteiger partial charge is 0.495 e. The lowest BCUT2D eigenvalue weighted by Gasteiger charge is -2.39. The maximum absolute atomic E-state index is 5.75. The van der Waals surface area contributed by atoms with Gasteiger partial charge >= 0.3 is 0 Å². The summed E-state index contributed by atoms with van der Waals surface area (Å²) in [4.78, 5) is 2.55. The van der Waals surface area contributed by atoms with E-state index in [1.165, 1.54) is 37.8 Å². The highest BCUT2D eigenvalue weighted by atomic mass is 16.5. The second-order valence-corrected chi connectivity index (χ2v) is 6.10. The molecule has 0 radical (unpaired) electrons. The van der Waals surface area contributed by atoms with Crippen molar-refractivity contribution in [1.29, 1.82) is 0 Å². The van der Waals surface area contributed by atoms with Crippen LogP contribution >= 0.6 is 0 Å². The van der Waals surface area contributed by atoms with Crippen LogP contribution in [-0.4, -0.2) is 26.2 Å². The fourth-order valence-electron chi connectivity index (χ4n) is 3.54. The third-order valence-corrected chi connectivity index (χ3v) is 4.77. The molecule has 1 aliphatic rings. The maximum atomic E-state index is 5.75.